The molecule has 0 radical (unpaired) electrons. The van der Waals surface area contributed by atoms with Gasteiger partial charge in [0.25, 0.3) is 5.91 Å². The van der Waals surface area contributed by atoms with Gasteiger partial charge in [-0.2, -0.15) is 0 Å². The van der Waals surface area contributed by atoms with Gasteiger partial charge in [-0.15, -0.1) is 0 Å². The van der Waals surface area contributed by atoms with Gasteiger partial charge in [0, 0.05) is 17.6 Å². The first-order valence-corrected chi connectivity index (χ1v) is 8.19. The molecule has 3 rings (SSSR count). The Bertz CT molecular complexity index is 914. The Hall–Kier alpha value is -2.79. The molecule has 3 N–H and O–H groups in total. The molecule has 5 heteroatoms. The van der Waals surface area contributed by atoms with Gasteiger partial charge in [0.1, 0.15) is 5.75 Å². The van der Waals surface area contributed by atoms with Gasteiger partial charge >= 0.3 is 0 Å². The van der Waals surface area contributed by atoms with Gasteiger partial charge in [-0.1, -0.05) is 24.3 Å². The van der Waals surface area contributed by atoms with Crippen molar-refractivity contribution in [3.63, 3.8) is 0 Å². The fourth-order valence-electron chi connectivity index (χ4n) is 2.92. The van der Waals surface area contributed by atoms with Crippen LogP contribution < -0.4 is 10.1 Å². The molecule has 1 heterocycles. The van der Waals surface area contributed by atoms with Crippen LogP contribution in [0.15, 0.2) is 42.5 Å². The number of carbonyl (C=O) groups excluding carboxylic acids is 1. The summed E-state index contributed by atoms with van der Waals surface area (Å²) in [5, 5.41) is 14.2. The summed E-state index contributed by atoms with van der Waals surface area (Å²) in [7, 11) is 1.58. The number of aliphatic hydroxyl groups is 1. The van der Waals surface area contributed by atoms with Crippen molar-refractivity contribution < 1.29 is 14.6 Å². The van der Waals surface area contributed by atoms with Gasteiger partial charge in [0.05, 0.1) is 24.3 Å². The molecular formula is C20H22N2O3. The summed E-state index contributed by atoms with van der Waals surface area (Å²) in [6.07, 6.45) is -0.801. The van der Waals surface area contributed by atoms with Gasteiger partial charge in [0.2, 0.25) is 0 Å². The predicted octanol–water partition coefficient (Wildman–Crippen LogP) is 3.26. The number of fused-ring (bicyclic) bond motifs is 1. The highest BCUT2D eigenvalue weighted by atomic mass is 16.5. The van der Waals surface area contributed by atoms with Crippen molar-refractivity contribution in [1.29, 1.82) is 0 Å². The number of amides is 1. The Morgan fingerprint density at radius 3 is 2.76 bits per heavy atom. The predicted molar refractivity (Wildman–Crippen MR) is 98.1 cm³/mol. The molecule has 2 aromatic carbocycles. The Balaban J connectivity index is 1.75. The maximum Gasteiger partial charge on any atom is 0.253 e. The summed E-state index contributed by atoms with van der Waals surface area (Å²) in [5.74, 6) is 0.457. The molecule has 130 valence electrons. The van der Waals surface area contributed by atoms with Crippen LogP contribution in [0.25, 0.3) is 10.9 Å². The lowest BCUT2D eigenvalue weighted by Crippen LogP contribution is -2.28. The summed E-state index contributed by atoms with van der Waals surface area (Å²) >= 11 is 0. The minimum Gasteiger partial charge on any atom is -0.497 e. The van der Waals surface area contributed by atoms with Crippen LogP contribution in [0.2, 0.25) is 0 Å². The van der Waals surface area contributed by atoms with Crippen molar-refractivity contribution in [2.45, 2.75) is 20.0 Å². The zero-order chi connectivity index (χ0) is 18.0. The second-order valence-electron chi connectivity index (χ2n) is 6.11. The number of hydrogen-bond acceptors (Lipinski definition) is 3. The average molecular weight is 338 g/mol. The lowest BCUT2D eigenvalue weighted by molar-refractivity contribution is 0.0917. The molecule has 1 atom stereocenters. The first-order valence-electron chi connectivity index (χ1n) is 8.19. The van der Waals surface area contributed by atoms with E-state index in [1.165, 1.54) is 0 Å². The maximum absolute atomic E-state index is 12.6. The zero-order valence-electron chi connectivity index (χ0n) is 14.6. The number of ether oxygens (including phenoxy) is 1. The molecule has 25 heavy (non-hydrogen) atoms. The number of H-pyrrole nitrogens is 1. The van der Waals surface area contributed by atoms with Crippen molar-refractivity contribution in [2.24, 2.45) is 0 Å². The molecule has 1 unspecified atom stereocenters. The lowest BCUT2D eigenvalue weighted by atomic mass is 10.1. The third kappa shape index (κ3) is 3.37. The monoisotopic (exact) mass is 338 g/mol. The van der Waals surface area contributed by atoms with Crippen LogP contribution in [0, 0.1) is 13.8 Å². The summed E-state index contributed by atoms with van der Waals surface area (Å²) in [5.41, 5.74) is 4.29. The van der Waals surface area contributed by atoms with E-state index < -0.39 is 6.10 Å². The van der Waals surface area contributed by atoms with Crippen molar-refractivity contribution in [3.05, 3.63) is 64.8 Å². The smallest absolute Gasteiger partial charge is 0.253 e. The number of benzene rings is 2. The molecule has 0 aliphatic rings. The van der Waals surface area contributed by atoms with E-state index in [1.807, 2.05) is 38.1 Å². The third-order valence-corrected chi connectivity index (χ3v) is 4.52. The van der Waals surface area contributed by atoms with Crippen molar-refractivity contribution >= 4 is 16.8 Å². The highest BCUT2D eigenvalue weighted by Gasteiger charge is 2.15. The van der Waals surface area contributed by atoms with E-state index in [9.17, 15) is 9.90 Å². The van der Waals surface area contributed by atoms with E-state index in [0.717, 1.165) is 22.2 Å². The minimum atomic E-state index is -0.801. The number of carbonyl (C=O) groups is 1. The topological polar surface area (TPSA) is 74.3 Å². The molecule has 0 saturated carbocycles. The minimum absolute atomic E-state index is 0.126. The van der Waals surface area contributed by atoms with Crippen LogP contribution in [0.4, 0.5) is 0 Å². The third-order valence-electron chi connectivity index (χ3n) is 4.52. The fraction of sp³-hybridized carbons (Fsp3) is 0.250. The standard InChI is InChI=1S/C20H22N2O3/c1-12-13(2)22-19-16(12)8-5-9-17(19)20(24)21-11-18(23)14-6-4-7-15(10-14)25-3/h4-10,18,22-23H,11H2,1-3H3,(H,21,24). The first-order chi connectivity index (χ1) is 12.0. The molecule has 3 aromatic rings. The van der Waals surface area contributed by atoms with E-state index in [2.05, 4.69) is 10.3 Å². The zero-order valence-corrected chi connectivity index (χ0v) is 14.6. The number of aryl methyl sites for hydroxylation is 2. The number of aliphatic hydroxyl groups excluding tert-OH is 1. The molecule has 1 amide bonds. The number of hydrogen-bond donors (Lipinski definition) is 3. The second kappa shape index (κ2) is 6.99. The van der Waals surface area contributed by atoms with Gasteiger partial charge in [0.15, 0.2) is 0 Å². The van der Waals surface area contributed by atoms with Gasteiger partial charge in [-0.3, -0.25) is 4.79 Å². The number of methoxy groups -OCH3 is 1. The SMILES string of the molecule is COc1cccc(C(O)CNC(=O)c2cccc3c(C)c(C)[nH]c23)c1. The Labute approximate surface area is 146 Å². The molecule has 0 aliphatic heterocycles. The van der Waals surface area contributed by atoms with Crippen molar-refractivity contribution in [1.82, 2.24) is 10.3 Å². The molecular weight excluding hydrogens is 316 g/mol. The molecule has 0 aliphatic carbocycles. The lowest BCUT2D eigenvalue weighted by Gasteiger charge is -2.13. The fourth-order valence-corrected chi connectivity index (χ4v) is 2.92. The number of rotatable bonds is 5. The molecule has 0 spiro atoms. The van der Waals surface area contributed by atoms with Crippen LogP contribution in [0.5, 0.6) is 5.75 Å². The summed E-state index contributed by atoms with van der Waals surface area (Å²) in [4.78, 5) is 15.8. The number of aromatic nitrogens is 1. The molecule has 0 bridgehead atoms. The highest BCUT2D eigenvalue weighted by Crippen LogP contribution is 2.24. The summed E-state index contributed by atoms with van der Waals surface area (Å²) in [6, 6.07) is 12.8. The quantitative estimate of drug-likeness (QED) is 0.668. The van der Waals surface area contributed by atoms with Crippen molar-refractivity contribution in [3.8, 4) is 5.75 Å². The summed E-state index contributed by atoms with van der Waals surface area (Å²) in [6.45, 7) is 4.15. The van der Waals surface area contributed by atoms with Crippen molar-refractivity contribution in [2.75, 3.05) is 13.7 Å². The number of aromatic amines is 1. The molecule has 5 nitrogen and oxygen atoms in total. The number of para-hydroxylation sites is 1. The highest BCUT2D eigenvalue weighted by molar-refractivity contribution is 6.06. The largest absolute Gasteiger partial charge is 0.497 e. The molecule has 1 aromatic heterocycles. The van der Waals surface area contributed by atoms with E-state index in [4.69, 9.17) is 4.74 Å². The summed E-state index contributed by atoms with van der Waals surface area (Å²) < 4.78 is 5.16. The second-order valence-corrected chi connectivity index (χ2v) is 6.11. The van der Waals surface area contributed by atoms with E-state index in [-0.39, 0.29) is 12.5 Å². The van der Waals surface area contributed by atoms with Crippen LogP contribution in [0.1, 0.15) is 33.3 Å². The average Bonchev–Trinajstić information content (AvgIpc) is 2.93. The Morgan fingerprint density at radius 2 is 2.00 bits per heavy atom. The maximum atomic E-state index is 12.6. The van der Waals surface area contributed by atoms with E-state index in [0.29, 0.717) is 16.9 Å². The van der Waals surface area contributed by atoms with Crippen LogP contribution >= 0.6 is 0 Å². The van der Waals surface area contributed by atoms with Crippen LogP contribution in [-0.4, -0.2) is 29.7 Å². The first kappa shape index (κ1) is 17.0. The molecule has 0 saturated heterocycles. The normalized spacial score (nSPS) is 12.2. The molecule has 0 fully saturated rings. The Kier molecular flexibility index (Phi) is 4.76. The van der Waals surface area contributed by atoms with E-state index in [1.54, 1.807) is 25.3 Å². The Morgan fingerprint density at radius 1 is 1.24 bits per heavy atom. The van der Waals surface area contributed by atoms with Gasteiger partial charge in [-0.05, 0) is 43.2 Å². The number of nitrogens with one attached hydrogen (secondary N) is 2. The van der Waals surface area contributed by atoms with E-state index >= 15 is 0 Å². The van der Waals surface area contributed by atoms with Crippen LogP contribution in [0.3, 0.4) is 0 Å². The van der Waals surface area contributed by atoms with Crippen LogP contribution in [-0.2, 0) is 0 Å². The van der Waals surface area contributed by atoms with Gasteiger partial charge < -0.3 is 20.1 Å². The van der Waals surface area contributed by atoms with Gasteiger partial charge in [-0.25, -0.2) is 0 Å².